The lowest BCUT2D eigenvalue weighted by Gasteiger charge is -2.06. The van der Waals surface area contributed by atoms with E-state index in [4.69, 9.17) is 0 Å². The van der Waals surface area contributed by atoms with Gasteiger partial charge in [0.25, 0.3) is 0 Å². The Kier molecular flexibility index (Phi) is 4.19. The number of alkyl halides is 3. The summed E-state index contributed by atoms with van der Waals surface area (Å²) >= 11 is 1.60. The van der Waals surface area contributed by atoms with Crippen molar-refractivity contribution in [2.24, 2.45) is 0 Å². The van der Waals surface area contributed by atoms with Crippen molar-refractivity contribution in [2.75, 3.05) is 13.1 Å². The van der Waals surface area contributed by atoms with Crippen molar-refractivity contribution in [3.8, 4) is 0 Å². The standard InChI is InChI=1S/C12H13F3N2S/c13-12(14,15)8-16-7-3-6-11-17-9-4-1-2-5-10(9)18-11/h1-2,4-5,16H,3,6-8H2. The first-order chi connectivity index (χ1) is 8.54. The van der Waals surface area contributed by atoms with Gasteiger partial charge >= 0.3 is 6.18 Å². The number of para-hydroxylation sites is 1. The van der Waals surface area contributed by atoms with E-state index in [1.54, 1.807) is 11.3 Å². The average Bonchev–Trinajstić information content (AvgIpc) is 2.69. The molecule has 1 aromatic heterocycles. The molecule has 0 spiro atoms. The van der Waals surface area contributed by atoms with Crippen LogP contribution in [0.4, 0.5) is 13.2 Å². The van der Waals surface area contributed by atoms with Crippen molar-refractivity contribution >= 4 is 21.6 Å². The molecular weight excluding hydrogens is 261 g/mol. The second kappa shape index (κ2) is 5.67. The topological polar surface area (TPSA) is 24.9 Å². The number of hydrogen-bond acceptors (Lipinski definition) is 3. The third-order valence-electron chi connectivity index (χ3n) is 2.41. The minimum absolute atomic E-state index is 0.357. The summed E-state index contributed by atoms with van der Waals surface area (Å²) in [5.41, 5.74) is 0.959. The molecule has 0 amide bonds. The highest BCUT2D eigenvalue weighted by atomic mass is 32.1. The lowest BCUT2D eigenvalue weighted by atomic mass is 10.3. The summed E-state index contributed by atoms with van der Waals surface area (Å²) in [5.74, 6) is 0. The minimum atomic E-state index is -4.13. The Balaban J connectivity index is 1.77. The second-order valence-electron chi connectivity index (χ2n) is 3.97. The lowest BCUT2D eigenvalue weighted by Crippen LogP contribution is -2.29. The van der Waals surface area contributed by atoms with Crippen molar-refractivity contribution in [3.05, 3.63) is 29.3 Å². The molecule has 2 nitrogen and oxygen atoms in total. The first kappa shape index (κ1) is 13.3. The maximum Gasteiger partial charge on any atom is 0.401 e. The maximum atomic E-state index is 11.9. The molecule has 0 bridgehead atoms. The molecule has 2 aromatic rings. The summed E-state index contributed by atoms with van der Waals surface area (Å²) in [4.78, 5) is 4.43. The number of nitrogens with zero attached hydrogens (tertiary/aromatic N) is 1. The number of thiazole rings is 1. The molecule has 2 rings (SSSR count). The van der Waals surface area contributed by atoms with Crippen LogP contribution in [0.5, 0.6) is 0 Å². The van der Waals surface area contributed by atoms with Crippen molar-refractivity contribution in [1.82, 2.24) is 10.3 Å². The molecule has 6 heteroatoms. The van der Waals surface area contributed by atoms with Gasteiger partial charge in [0.2, 0.25) is 0 Å². The van der Waals surface area contributed by atoms with Crippen LogP contribution < -0.4 is 5.32 Å². The lowest BCUT2D eigenvalue weighted by molar-refractivity contribution is -0.124. The van der Waals surface area contributed by atoms with Crippen LogP contribution in [0.25, 0.3) is 10.2 Å². The first-order valence-electron chi connectivity index (χ1n) is 5.66. The van der Waals surface area contributed by atoms with Crippen LogP contribution in [0.2, 0.25) is 0 Å². The summed E-state index contributed by atoms with van der Waals surface area (Å²) in [7, 11) is 0. The molecule has 1 aromatic carbocycles. The zero-order valence-electron chi connectivity index (χ0n) is 9.63. The fourth-order valence-corrected chi connectivity index (χ4v) is 2.63. The third kappa shape index (κ3) is 3.96. The molecule has 0 aliphatic rings. The minimum Gasteiger partial charge on any atom is -0.309 e. The number of fused-ring (bicyclic) bond motifs is 1. The molecule has 0 aliphatic heterocycles. The van der Waals surface area contributed by atoms with Crippen molar-refractivity contribution in [2.45, 2.75) is 19.0 Å². The number of hydrogen-bond donors (Lipinski definition) is 1. The Morgan fingerprint density at radius 3 is 2.72 bits per heavy atom. The van der Waals surface area contributed by atoms with Gasteiger partial charge in [0.15, 0.2) is 0 Å². The van der Waals surface area contributed by atoms with Gasteiger partial charge < -0.3 is 5.32 Å². The molecular formula is C12H13F3N2S. The highest BCUT2D eigenvalue weighted by Crippen LogP contribution is 2.22. The van der Waals surface area contributed by atoms with Crippen LogP contribution in [0.15, 0.2) is 24.3 Å². The van der Waals surface area contributed by atoms with E-state index in [9.17, 15) is 13.2 Å². The Bertz CT molecular complexity index is 474. The number of aryl methyl sites for hydroxylation is 1. The molecule has 0 saturated heterocycles. The SMILES string of the molecule is FC(F)(F)CNCCCc1nc2ccccc2s1. The highest BCUT2D eigenvalue weighted by molar-refractivity contribution is 7.18. The molecule has 0 aliphatic carbocycles. The quantitative estimate of drug-likeness (QED) is 0.845. The van der Waals surface area contributed by atoms with Gasteiger partial charge in [-0.1, -0.05) is 12.1 Å². The molecule has 0 fully saturated rings. The van der Waals surface area contributed by atoms with Crippen LogP contribution in [-0.2, 0) is 6.42 Å². The fraction of sp³-hybridized carbons (Fsp3) is 0.417. The molecule has 0 atom stereocenters. The van der Waals surface area contributed by atoms with Crippen molar-refractivity contribution in [3.63, 3.8) is 0 Å². The monoisotopic (exact) mass is 274 g/mol. The molecule has 1 N–H and O–H groups in total. The summed E-state index contributed by atoms with van der Waals surface area (Å²) < 4.78 is 36.7. The summed E-state index contributed by atoms with van der Waals surface area (Å²) in [6.45, 7) is -0.567. The van der Waals surface area contributed by atoms with Gasteiger partial charge in [0, 0.05) is 6.42 Å². The molecule has 0 saturated carbocycles. The normalized spacial score (nSPS) is 12.2. The predicted octanol–water partition coefficient (Wildman–Crippen LogP) is 3.38. The van der Waals surface area contributed by atoms with Crippen LogP contribution in [-0.4, -0.2) is 24.2 Å². The van der Waals surface area contributed by atoms with Crippen molar-refractivity contribution < 1.29 is 13.2 Å². The Labute approximate surface area is 107 Å². The largest absolute Gasteiger partial charge is 0.401 e. The van der Waals surface area contributed by atoms with Gasteiger partial charge in [-0.25, -0.2) is 4.98 Å². The van der Waals surface area contributed by atoms with E-state index in [2.05, 4.69) is 10.3 Å². The van der Waals surface area contributed by atoms with Gasteiger partial charge in [-0.2, -0.15) is 13.2 Å². The molecule has 98 valence electrons. The number of halogens is 3. The number of benzene rings is 1. The molecule has 0 radical (unpaired) electrons. The van der Waals surface area contributed by atoms with E-state index in [-0.39, 0.29) is 0 Å². The Hall–Kier alpha value is -1.14. The van der Waals surface area contributed by atoms with E-state index in [1.807, 2.05) is 24.3 Å². The molecule has 18 heavy (non-hydrogen) atoms. The molecule has 1 heterocycles. The van der Waals surface area contributed by atoms with Crippen LogP contribution in [0, 0.1) is 0 Å². The van der Waals surface area contributed by atoms with Crippen LogP contribution in [0.1, 0.15) is 11.4 Å². The van der Waals surface area contributed by atoms with E-state index in [0.717, 1.165) is 15.2 Å². The number of nitrogens with one attached hydrogen (secondary N) is 1. The van der Waals surface area contributed by atoms with Gasteiger partial charge in [-0.15, -0.1) is 11.3 Å². The van der Waals surface area contributed by atoms with Crippen LogP contribution in [0.3, 0.4) is 0 Å². The molecule has 0 unspecified atom stereocenters. The van der Waals surface area contributed by atoms with E-state index in [1.165, 1.54) is 0 Å². The van der Waals surface area contributed by atoms with Gasteiger partial charge in [0.05, 0.1) is 21.8 Å². The predicted molar refractivity (Wildman–Crippen MR) is 66.9 cm³/mol. The first-order valence-corrected chi connectivity index (χ1v) is 6.48. The highest BCUT2D eigenvalue weighted by Gasteiger charge is 2.25. The van der Waals surface area contributed by atoms with E-state index < -0.39 is 12.7 Å². The second-order valence-corrected chi connectivity index (χ2v) is 5.09. The smallest absolute Gasteiger partial charge is 0.309 e. The number of aromatic nitrogens is 1. The summed E-state index contributed by atoms with van der Waals surface area (Å²) in [6, 6.07) is 7.82. The van der Waals surface area contributed by atoms with Crippen molar-refractivity contribution in [1.29, 1.82) is 0 Å². The van der Waals surface area contributed by atoms with Gasteiger partial charge in [-0.3, -0.25) is 0 Å². The van der Waals surface area contributed by atoms with Gasteiger partial charge in [0.1, 0.15) is 0 Å². The fourth-order valence-electron chi connectivity index (χ4n) is 1.62. The average molecular weight is 274 g/mol. The Morgan fingerprint density at radius 2 is 2.00 bits per heavy atom. The van der Waals surface area contributed by atoms with E-state index in [0.29, 0.717) is 19.4 Å². The number of rotatable bonds is 5. The summed E-state index contributed by atoms with van der Waals surface area (Å²) in [5, 5.41) is 3.36. The zero-order chi connectivity index (χ0) is 13.0. The Morgan fingerprint density at radius 1 is 1.22 bits per heavy atom. The van der Waals surface area contributed by atoms with E-state index >= 15 is 0 Å². The third-order valence-corrected chi connectivity index (χ3v) is 3.50. The van der Waals surface area contributed by atoms with Crippen LogP contribution >= 0.6 is 11.3 Å². The zero-order valence-corrected chi connectivity index (χ0v) is 10.4. The van der Waals surface area contributed by atoms with Gasteiger partial charge in [-0.05, 0) is 25.1 Å². The summed E-state index contributed by atoms with van der Waals surface area (Å²) in [6.07, 6.45) is -2.75. The maximum absolute atomic E-state index is 11.9.